The summed E-state index contributed by atoms with van der Waals surface area (Å²) in [5.41, 5.74) is 1.16. The fourth-order valence-corrected chi connectivity index (χ4v) is 3.18. The van der Waals surface area contributed by atoms with Gasteiger partial charge in [0.15, 0.2) is 5.96 Å². The van der Waals surface area contributed by atoms with Gasteiger partial charge in [-0.05, 0) is 45.8 Å². The Kier molecular flexibility index (Phi) is 14.6. The molecule has 7 heteroatoms. The molecule has 5 nitrogen and oxygen atoms in total. The minimum atomic E-state index is 0. The highest BCUT2D eigenvalue weighted by Crippen LogP contribution is 2.07. The van der Waals surface area contributed by atoms with Gasteiger partial charge >= 0.3 is 0 Å². The van der Waals surface area contributed by atoms with Crippen LogP contribution in [0.3, 0.4) is 0 Å². The first-order chi connectivity index (χ1) is 11.2. The van der Waals surface area contributed by atoms with Crippen LogP contribution >= 0.6 is 35.3 Å². The summed E-state index contributed by atoms with van der Waals surface area (Å²) in [6, 6.07) is 0. The number of aromatic nitrogens is 1. The van der Waals surface area contributed by atoms with Crippen LogP contribution in [0.25, 0.3) is 0 Å². The molecule has 2 N–H and O–H groups in total. The number of nitrogens with one attached hydrogen (secondary N) is 2. The van der Waals surface area contributed by atoms with E-state index in [1.54, 1.807) is 11.3 Å². The lowest BCUT2D eigenvalue weighted by Gasteiger charge is -2.21. The Hall–Kier alpha value is -0.410. The van der Waals surface area contributed by atoms with Gasteiger partial charge in [-0.15, -0.1) is 35.3 Å². The Morgan fingerprint density at radius 1 is 1.17 bits per heavy atom. The van der Waals surface area contributed by atoms with Crippen LogP contribution in [-0.2, 0) is 6.42 Å². The minimum Gasteiger partial charge on any atom is -0.356 e. The quantitative estimate of drug-likeness (QED) is 0.227. The Labute approximate surface area is 168 Å². The van der Waals surface area contributed by atoms with Crippen molar-refractivity contribution in [3.8, 4) is 0 Å². The second-order valence-corrected chi connectivity index (χ2v) is 6.79. The normalized spacial score (nSPS) is 11.5. The highest BCUT2D eigenvalue weighted by molar-refractivity contribution is 14.0. The van der Waals surface area contributed by atoms with Crippen LogP contribution in [-0.4, -0.2) is 55.6 Å². The SMILES string of the molecule is CCCN(CCC)CCCNC(=NC)NCCc1csc(C)n1.I. The maximum absolute atomic E-state index is 4.48. The maximum Gasteiger partial charge on any atom is 0.190 e. The smallest absolute Gasteiger partial charge is 0.190 e. The largest absolute Gasteiger partial charge is 0.356 e. The van der Waals surface area contributed by atoms with Crippen molar-refractivity contribution in [2.24, 2.45) is 4.99 Å². The number of thiazole rings is 1. The van der Waals surface area contributed by atoms with Crippen molar-refractivity contribution in [2.75, 3.05) is 39.8 Å². The summed E-state index contributed by atoms with van der Waals surface area (Å²) in [7, 11) is 1.82. The Morgan fingerprint density at radius 2 is 1.83 bits per heavy atom. The standard InChI is InChI=1S/C17H33N5S.HI/c1-5-11-22(12-6-2)13-7-9-19-17(18-4)20-10-8-16-14-23-15(3)21-16;/h14H,5-13H2,1-4H3,(H2,18,19,20);1H. The van der Waals surface area contributed by atoms with E-state index in [-0.39, 0.29) is 24.0 Å². The first-order valence-electron chi connectivity index (χ1n) is 8.77. The number of hydrogen-bond donors (Lipinski definition) is 2. The van der Waals surface area contributed by atoms with Crippen LogP contribution in [0.15, 0.2) is 10.4 Å². The van der Waals surface area contributed by atoms with Crippen molar-refractivity contribution < 1.29 is 0 Å². The van der Waals surface area contributed by atoms with E-state index in [0.717, 1.165) is 49.1 Å². The van der Waals surface area contributed by atoms with E-state index in [1.807, 2.05) is 14.0 Å². The topological polar surface area (TPSA) is 52.5 Å². The second-order valence-electron chi connectivity index (χ2n) is 5.73. The number of nitrogens with zero attached hydrogens (tertiary/aromatic N) is 3. The molecule has 0 aliphatic heterocycles. The van der Waals surface area contributed by atoms with E-state index in [9.17, 15) is 0 Å². The lowest BCUT2D eigenvalue weighted by Crippen LogP contribution is -2.39. The Bertz CT molecular complexity index is 444. The number of halogens is 1. The molecule has 1 aromatic heterocycles. The van der Waals surface area contributed by atoms with Crippen LogP contribution in [0.4, 0.5) is 0 Å². The highest BCUT2D eigenvalue weighted by atomic mass is 127. The fraction of sp³-hybridized carbons (Fsp3) is 0.765. The minimum absolute atomic E-state index is 0. The molecule has 0 aliphatic rings. The molecule has 0 unspecified atom stereocenters. The lowest BCUT2D eigenvalue weighted by molar-refractivity contribution is 0.271. The molecule has 1 aromatic rings. The van der Waals surface area contributed by atoms with E-state index in [4.69, 9.17) is 0 Å². The Morgan fingerprint density at radius 3 is 2.38 bits per heavy atom. The van der Waals surface area contributed by atoms with E-state index < -0.39 is 0 Å². The van der Waals surface area contributed by atoms with Gasteiger partial charge in [0.25, 0.3) is 0 Å². The van der Waals surface area contributed by atoms with E-state index in [0.29, 0.717) is 0 Å². The predicted octanol–water partition coefficient (Wildman–Crippen LogP) is 3.29. The molecule has 140 valence electrons. The number of aliphatic imine (C=N–C) groups is 1. The van der Waals surface area contributed by atoms with Gasteiger partial charge in [0.05, 0.1) is 10.7 Å². The fourth-order valence-electron chi connectivity index (χ4n) is 2.53. The average molecular weight is 467 g/mol. The van der Waals surface area contributed by atoms with E-state index in [2.05, 4.69) is 44.7 Å². The molecule has 0 atom stereocenters. The third kappa shape index (κ3) is 10.5. The molecule has 24 heavy (non-hydrogen) atoms. The predicted molar refractivity (Wildman–Crippen MR) is 117 cm³/mol. The zero-order valence-electron chi connectivity index (χ0n) is 15.6. The number of hydrogen-bond acceptors (Lipinski definition) is 4. The first-order valence-corrected chi connectivity index (χ1v) is 9.65. The monoisotopic (exact) mass is 467 g/mol. The third-order valence-electron chi connectivity index (χ3n) is 3.59. The maximum atomic E-state index is 4.48. The van der Waals surface area contributed by atoms with Gasteiger partial charge in [-0.1, -0.05) is 13.8 Å². The molecule has 0 saturated heterocycles. The Balaban J connectivity index is 0.00000529. The second kappa shape index (κ2) is 14.9. The van der Waals surface area contributed by atoms with Crippen molar-refractivity contribution in [2.45, 2.75) is 46.5 Å². The van der Waals surface area contributed by atoms with Gasteiger partial charge in [0.1, 0.15) is 0 Å². The molecule has 0 aliphatic carbocycles. The van der Waals surface area contributed by atoms with Crippen LogP contribution in [0, 0.1) is 6.92 Å². The van der Waals surface area contributed by atoms with Crippen molar-refractivity contribution >= 4 is 41.3 Å². The van der Waals surface area contributed by atoms with Gasteiger partial charge in [0, 0.05) is 31.9 Å². The average Bonchev–Trinajstić information content (AvgIpc) is 2.95. The van der Waals surface area contributed by atoms with Crippen LogP contribution < -0.4 is 10.6 Å². The molecule has 0 aromatic carbocycles. The zero-order valence-corrected chi connectivity index (χ0v) is 18.7. The molecular weight excluding hydrogens is 433 g/mol. The number of guanidine groups is 1. The van der Waals surface area contributed by atoms with Crippen LogP contribution in [0.2, 0.25) is 0 Å². The van der Waals surface area contributed by atoms with Crippen molar-refractivity contribution in [3.63, 3.8) is 0 Å². The van der Waals surface area contributed by atoms with Gasteiger partial charge in [0.2, 0.25) is 0 Å². The number of rotatable bonds is 11. The van der Waals surface area contributed by atoms with Crippen molar-refractivity contribution in [3.05, 3.63) is 16.1 Å². The van der Waals surface area contributed by atoms with E-state index in [1.165, 1.54) is 25.9 Å². The molecule has 1 heterocycles. The summed E-state index contributed by atoms with van der Waals surface area (Å²) in [5, 5.41) is 10.0. The first kappa shape index (κ1) is 23.6. The van der Waals surface area contributed by atoms with Gasteiger partial charge < -0.3 is 15.5 Å². The lowest BCUT2D eigenvalue weighted by atomic mass is 10.3. The molecule has 1 rings (SSSR count). The van der Waals surface area contributed by atoms with E-state index >= 15 is 0 Å². The summed E-state index contributed by atoms with van der Waals surface area (Å²) >= 11 is 1.71. The number of aryl methyl sites for hydroxylation is 1. The molecule has 0 saturated carbocycles. The summed E-state index contributed by atoms with van der Waals surface area (Å²) < 4.78 is 0. The third-order valence-corrected chi connectivity index (χ3v) is 4.41. The van der Waals surface area contributed by atoms with Crippen molar-refractivity contribution in [1.82, 2.24) is 20.5 Å². The summed E-state index contributed by atoms with van der Waals surface area (Å²) in [5.74, 6) is 0.884. The molecule has 0 fully saturated rings. The zero-order chi connectivity index (χ0) is 16.9. The highest BCUT2D eigenvalue weighted by Gasteiger charge is 2.03. The molecule has 0 bridgehead atoms. The van der Waals surface area contributed by atoms with Gasteiger partial charge in [-0.25, -0.2) is 4.98 Å². The summed E-state index contributed by atoms with van der Waals surface area (Å²) in [6.07, 6.45) is 4.54. The van der Waals surface area contributed by atoms with Gasteiger partial charge in [-0.3, -0.25) is 4.99 Å². The molecular formula is C17H34IN5S. The summed E-state index contributed by atoms with van der Waals surface area (Å²) in [4.78, 5) is 11.3. The molecule has 0 radical (unpaired) electrons. The van der Waals surface area contributed by atoms with Crippen LogP contribution in [0.5, 0.6) is 0 Å². The van der Waals surface area contributed by atoms with Gasteiger partial charge in [-0.2, -0.15) is 0 Å². The summed E-state index contributed by atoms with van der Waals surface area (Å²) in [6.45, 7) is 11.9. The molecule has 0 spiro atoms. The van der Waals surface area contributed by atoms with Crippen molar-refractivity contribution in [1.29, 1.82) is 0 Å². The molecule has 0 amide bonds. The van der Waals surface area contributed by atoms with Crippen LogP contribution in [0.1, 0.15) is 43.8 Å².